The average molecular weight is 475 g/mol. The summed E-state index contributed by atoms with van der Waals surface area (Å²) in [5.74, 6) is 0.565. The van der Waals surface area contributed by atoms with E-state index in [0.29, 0.717) is 17.5 Å². The fourth-order valence-corrected chi connectivity index (χ4v) is 5.85. The van der Waals surface area contributed by atoms with Crippen molar-refractivity contribution in [2.45, 2.75) is 55.5 Å². The quantitative estimate of drug-likeness (QED) is 0.675. The van der Waals surface area contributed by atoms with Gasteiger partial charge >= 0.3 is 0 Å². The van der Waals surface area contributed by atoms with Crippen molar-refractivity contribution < 1.29 is 13.2 Å². The number of sulfone groups is 1. The molecule has 2 fully saturated rings. The number of hydrogen-bond donors (Lipinski definition) is 1. The normalized spacial score (nSPS) is 22.7. The molecule has 1 N–H and O–H groups in total. The molecule has 1 saturated carbocycles. The maximum absolute atomic E-state index is 12.8. The molecular formula is C25H31ClN2O3S. The van der Waals surface area contributed by atoms with Crippen molar-refractivity contribution >= 4 is 27.3 Å². The summed E-state index contributed by atoms with van der Waals surface area (Å²) in [5, 5.41) is 4.00. The molecule has 4 rings (SSSR count). The van der Waals surface area contributed by atoms with Gasteiger partial charge in [-0.1, -0.05) is 23.7 Å². The minimum Gasteiger partial charge on any atom is -0.348 e. The lowest BCUT2D eigenvalue weighted by atomic mass is 9.89. The minimum atomic E-state index is -3.26. The van der Waals surface area contributed by atoms with E-state index >= 15 is 0 Å². The van der Waals surface area contributed by atoms with Crippen LogP contribution < -0.4 is 5.32 Å². The fourth-order valence-electron chi connectivity index (χ4n) is 5.09. The summed E-state index contributed by atoms with van der Waals surface area (Å²) in [6.45, 7) is 2.14. The van der Waals surface area contributed by atoms with Crippen LogP contribution in [-0.2, 0) is 16.3 Å². The molecule has 2 atom stereocenters. The van der Waals surface area contributed by atoms with Crippen LogP contribution in [0.1, 0.15) is 48.0 Å². The van der Waals surface area contributed by atoms with Gasteiger partial charge in [-0.3, -0.25) is 9.69 Å². The van der Waals surface area contributed by atoms with Crippen LogP contribution in [0.4, 0.5) is 0 Å². The zero-order valence-corrected chi connectivity index (χ0v) is 20.0. The number of carbonyl (C=O) groups excluding carboxylic acids is 1. The lowest BCUT2D eigenvalue weighted by Gasteiger charge is -2.38. The molecule has 0 unspecified atom stereocenters. The highest BCUT2D eigenvalue weighted by Crippen LogP contribution is 2.30. The maximum Gasteiger partial charge on any atom is 0.251 e. The van der Waals surface area contributed by atoms with Gasteiger partial charge in [-0.15, -0.1) is 0 Å². The predicted octanol–water partition coefficient (Wildman–Crippen LogP) is 4.35. The van der Waals surface area contributed by atoms with Crippen LogP contribution in [0.15, 0.2) is 53.4 Å². The van der Waals surface area contributed by atoms with Crippen molar-refractivity contribution in [3.8, 4) is 0 Å². The summed E-state index contributed by atoms with van der Waals surface area (Å²) < 4.78 is 23.3. The van der Waals surface area contributed by atoms with E-state index in [1.807, 2.05) is 12.1 Å². The van der Waals surface area contributed by atoms with Gasteiger partial charge in [-0.2, -0.15) is 0 Å². The fraction of sp³-hybridized carbons (Fsp3) is 0.480. The number of nitrogens with one attached hydrogen (secondary N) is 1. The van der Waals surface area contributed by atoms with Crippen molar-refractivity contribution in [2.75, 3.05) is 19.3 Å². The number of rotatable bonds is 6. The third kappa shape index (κ3) is 5.72. The summed E-state index contributed by atoms with van der Waals surface area (Å²) in [5.41, 5.74) is 1.85. The Balaban J connectivity index is 1.31. The summed E-state index contributed by atoms with van der Waals surface area (Å²) >= 11 is 6.00. The summed E-state index contributed by atoms with van der Waals surface area (Å²) in [6, 6.07) is 14.9. The highest BCUT2D eigenvalue weighted by Gasteiger charge is 2.35. The molecule has 1 aliphatic heterocycles. The number of carbonyl (C=O) groups is 1. The molecule has 7 heteroatoms. The highest BCUT2D eigenvalue weighted by atomic mass is 35.5. The van der Waals surface area contributed by atoms with Gasteiger partial charge in [0.05, 0.1) is 4.90 Å². The molecule has 0 aromatic heterocycles. The second-order valence-electron chi connectivity index (χ2n) is 9.18. The van der Waals surface area contributed by atoms with Crippen molar-refractivity contribution in [1.82, 2.24) is 10.2 Å². The summed E-state index contributed by atoms with van der Waals surface area (Å²) in [6.07, 6.45) is 7.83. The van der Waals surface area contributed by atoms with E-state index in [0.717, 1.165) is 43.8 Å². The van der Waals surface area contributed by atoms with E-state index in [2.05, 4.69) is 22.3 Å². The van der Waals surface area contributed by atoms with Crippen molar-refractivity contribution in [3.63, 3.8) is 0 Å². The van der Waals surface area contributed by atoms with Gasteiger partial charge in [-0.05, 0) is 99.5 Å². The second-order valence-corrected chi connectivity index (χ2v) is 11.6. The van der Waals surface area contributed by atoms with Crippen molar-refractivity contribution in [2.24, 2.45) is 5.92 Å². The van der Waals surface area contributed by atoms with Gasteiger partial charge in [0.1, 0.15) is 0 Å². The van der Waals surface area contributed by atoms with Crippen LogP contribution in [-0.4, -0.2) is 50.7 Å². The molecule has 1 heterocycles. The Morgan fingerprint density at radius 2 is 1.66 bits per heavy atom. The molecule has 2 aliphatic rings. The van der Waals surface area contributed by atoms with Crippen LogP contribution in [0.2, 0.25) is 5.02 Å². The monoisotopic (exact) mass is 474 g/mol. The number of hydrogen-bond acceptors (Lipinski definition) is 4. The van der Waals surface area contributed by atoms with Gasteiger partial charge in [0.25, 0.3) is 5.91 Å². The first-order chi connectivity index (χ1) is 15.3. The maximum atomic E-state index is 12.8. The zero-order chi connectivity index (χ0) is 22.7. The largest absolute Gasteiger partial charge is 0.348 e. The third-order valence-electron chi connectivity index (χ3n) is 6.90. The van der Waals surface area contributed by atoms with Crippen LogP contribution in [0.5, 0.6) is 0 Å². The average Bonchev–Trinajstić information content (AvgIpc) is 3.23. The molecule has 0 radical (unpaired) electrons. The molecule has 0 bridgehead atoms. The molecule has 5 nitrogen and oxygen atoms in total. The van der Waals surface area contributed by atoms with Gasteiger partial charge < -0.3 is 5.32 Å². The Labute approximate surface area is 196 Å². The standard InChI is InChI=1S/C25H31ClN2O3S/c1-32(30,31)22-11-7-20(8-12-22)25(29)27-23-3-2-4-24(23)28-15-13-19(14-16-28)17-18-5-9-21(26)10-6-18/h5-12,19,23-24H,2-4,13-17H2,1H3,(H,27,29)/t23-,24-/m1/s1. The Morgan fingerprint density at radius 3 is 2.28 bits per heavy atom. The number of amides is 1. The summed E-state index contributed by atoms with van der Waals surface area (Å²) in [4.78, 5) is 15.6. The Hall–Kier alpha value is -1.89. The van der Waals surface area contributed by atoms with E-state index in [4.69, 9.17) is 11.6 Å². The van der Waals surface area contributed by atoms with Crippen LogP contribution in [0.3, 0.4) is 0 Å². The number of halogens is 1. The van der Waals surface area contributed by atoms with Crippen molar-refractivity contribution in [3.05, 3.63) is 64.7 Å². The van der Waals surface area contributed by atoms with Gasteiger partial charge in [0.2, 0.25) is 0 Å². The minimum absolute atomic E-state index is 0.125. The lowest BCUT2D eigenvalue weighted by molar-refractivity contribution is 0.0862. The second kappa shape index (κ2) is 9.94. The molecule has 2 aromatic carbocycles. The predicted molar refractivity (Wildman–Crippen MR) is 128 cm³/mol. The van der Waals surface area contributed by atoms with E-state index in [9.17, 15) is 13.2 Å². The lowest BCUT2D eigenvalue weighted by Crippen LogP contribution is -2.51. The summed E-state index contributed by atoms with van der Waals surface area (Å²) in [7, 11) is -3.26. The molecule has 0 spiro atoms. The van der Waals surface area contributed by atoms with Crippen molar-refractivity contribution in [1.29, 1.82) is 0 Å². The smallest absolute Gasteiger partial charge is 0.251 e. The topological polar surface area (TPSA) is 66.5 Å². The van der Waals surface area contributed by atoms with E-state index in [1.165, 1.54) is 36.8 Å². The van der Waals surface area contributed by atoms with E-state index in [1.54, 1.807) is 12.1 Å². The zero-order valence-electron chi connectivity index (χ0n) is 18.5. The third-order valence-corrected chi connectivity index (χ3v) is 8.28. The number of benzene rings is 2. The molecular weight excluding hydrogens is 444 g/mol. The van der Waals surface area contributed by atoms with E-state index in [-0.39, 0.29) is 16.8 Å². The first-order valence-corrected chi connectivity index (χ1v) is 13.7. The first-order valence-electron chi connectivity index (χ1n) is 11.4. The molecule has 1 amide bonds. The molecule has 1 saturated heterocycles. The Morgan fingerprint density at radius 1 is 1.00 bits per heavy atom. The molecule has 172 valence electrons. The van der Waals surface area contributed by atoms with Gasteiger partial charge in [0, 0.05) is 28.9 Å². The molecule has 32 heavy (non-hydrogen) atoms. The molecule has 1 aliphatic carbocycles. The van der Waals surface area contributed by atoms with E-state index < -0.39 is 9.84 Å². The van der Waals surface area contributed by atoms with Crippen LogP contribution in [0.25, 0.3) is 0 Å². The number of likely N-dealkylation sites (tertiary alicyclic amines) is 1. The van der Waals surface area contributed by atoms with Crippen LogP contribution in [0, 0.1) is 5.92 Å². The SMILES string of the molecule is CS(=O)(=O)c1ccc(C(=O)N[C@@H]2CCC[C@H]2N2CCC(Cc3ccc(Cl)cc3)CC2)cc1. The molecule has 2 aromatic rings. The number of nitrogens with zero attached hydrogens (tertiary/aromatic N) is 1. The highest BCUT2D eigenvalue weighted by molar-refractivity contribution is 7.90. The van der Waals surface area contributed by atoms with Gasteiger partial charge in [-0.25, -0.2) is 8.42 Å². The Bertz CT molecular complexity index is 1030. The van der Waals surface area contributed by atoms with Crippen LogP contribution >= 0.6 is 11.6 Å². The Kier molecular flexibility index (Phi) is 7.23. The number of piperidine rings is 1. The van der Waals surface area contributed by atoms with Gasteiger partial charge in [0.15, 0.2) is 9.84 Å². The first kappa shape index (κ1) is 23.3.